The first kappa shape index (κ1) is 15.4. The Labute approximate surface area is 135 Å². The molecule has 5 heteroatoms. The molecule has 0 radical (unpaired) electrons. The maximum Gasteiger partial charge on any atom is 0.125 e. The van der Waals surface area contributed by atoms with E-state index >= 15 is 0 Å². The molecule has 23 heavy (non-hydrogen) atoms. The third-order valence-corrected chi connectivity index (χ3v) is 3.67. The van der Waals surface area contributed by atoms with Crippen LogP contribution in [0.15, 0.2) is 52.9 Å². The number of hydrogen-bond acceptors (Lipinski definition) is 4. The van der Waals surface area contributed by atoms with Crippen LogP contribution in [-0.4, -0.2) is 21.5 Å². The molecule has 0 aliphatic carbocycles. The molecule has 0 amide bonds. The van der Waals surface area contributed by atoms with Crippen molar-refractivity contribution in [1.82, 2.24) is 9.78 Å². The van der Waals surface area contributed by atoms with Crippen molar-refractivity contribution in [2.45, 2.75) is 26.4 Å². The molecule has 0 fully saturated rings. The number of nitrogens with one attached hydrogen (secondary N) is 1. The lowest BCUT2D eigenvalue weighted by Gasteiger charge is -2.07. The van der Waals surface area contributed by atoms with Crippen LogP contribution in [0, 0.1) is 0 Å². The Kier molecular flexibility index (Phi) is 4.78. The van der Waals surface area contributed by atoms with Crippen LogP contribution < -0.4 is 5.32 Å². The van der Waals surface area contributed by atoms with Gasteiger partial charge in [0, 0.05) is 18.1 Å². The molecule has 0 aliphatic heterocycles. The summed E-state index contributed by atoms with van der Waals surface area (Å²) in [6.45, 7) is 3.16. The summed E-state index contributed by atoms with van der Waals surface area (Å²) in [5.74, 6) is 2.74. The first-order chi connectivity index (χ1) is 11.3. The smallest absolute Gasteiger partial charge is 0.125 e. The summed E-state index contributed by atoms with van der Waals surface area (Å²) in [5.41, 5.74) is 1.94. The Hall–Kier alpha value is -2.53. The second-order valence-corrected chi connectivity index (χ2v) is 5.30. The molecule has 5 nitrogen and oxygen atoms in total. The van der Waals surface area contributed by atoms with Gasteiger partial charge in [0.05, 0.1) is 25.4 Å². The third kappa shape index (κ3) is 3.63. The molecule has 120 valence electrons. The first-order valence-corrected chi connectivity index (χ1v) is 7.85. The molecule has 0 aliphatic rings. The number of aliphatic hydroxyl groups excluding tert-OH is 1. The minimum atomic E-state index is 0.0469. The Balaban J connectivity index is 1.78. The monoisotopic (exact) mass is 311 g/mol. The first-order valence-electron chi connectivity index (χ1n) is 7.85. The van der Waals surface area contributed by atoms with Crippen LogP contribution in [-0.2, 0) is 19.5 Å². The molecule has 0 saturated heterocycles. The van der Waals surface area contributed by atoms with Crippen molar-refractivity contribution < 1.29 is 9.52 Å². The predicted octanol–water partition coefficient (Wildman–Crippen LogP) is 3.31. The quantitative estimate of drug-likeness (QED) is 0.702. The fourth-order valence-corrected chi connectivity index (χ4v) is 2.46. The van der Waals surface area contributed by atoms with Gasteiger partial charge in [0.15, 0.2) is 0 Å². The van der Waals surface area contributed by atoms with Crippen molar-refractivity contribution in [1.29, 1.82) is 0 Å². The number of aliphatic hydroxyl groups is 1. The lowest BCUT2D eigenvalue weighted by molar-refractivity contribution is 0.270. The number of hydrogen-bond donors (Lipinski definition) is 2. The third-order valence-electron chi connectivity index (χ3n) is 3.67. The molecule has 1 aromatic carbocycles. The molecule has 0 spiro atoms. The van der Waals surface area contributed by atoms with E-state index < -0.39 is 0 Å². The highest BCUT2D eigenvalue weighted by Gasteiger charge is 2.10. The van der Waals surface area contributed by atoms with Gasteiger partial charge >= 0.3 is 0 Å². The van der Waals surface area contributed by atoms with Gasteiger partial charge in [-0.2, -0.15) is 5.10 Å². The summed E-state index contributed by atoms with van der Waals surface area (Å²) in [4.78, 5) is 0. The lowest BCUT2D eigenvalue weighted by Crippen LogP contribution is -2.10. The van der Waals surface area contributed by atoms with Gasteiger partial charge in [0.25, 0.3) is 0 Å². The van der Waals surface area contributed by atoms with Crippen molar-refractivity contribution in [2.75, 3.05) is 11.9 Å². The topological polar surface area (TPSA) is 63.2 Å². The molecule has 2 aromatic heterocycles. The van der Waals surface area contributed by atoms with Gasteiger partial charge in [-0.3, -0.25) is 0 Å². The van der Waals surface area contributed by atoms with E-state index in [0.717, 1.165) is 35.0 Å². The fourth-order valence-electron chi connectivity index (χ4n) is 2.46. The Morgan fingerprint density at radius 2 is 1.91 bits per heavy atom. The molecule has 0 unspecified atom stereocenters. The molecule has 2 N–H and O–H groups in total. The van der Waals surface area contributed by atoms with Crippen LogP contribution in [0.25, 0.3) is 11.3 Å². The Morgan fingerprint density at radius 1 is 1.13 bits per heavy atom. The van der Waals surface area contributed by atoms with E-state index in [1.807, 2.05) is 48.5 Å². The number of aryl methyl sites for hydroxylation is 1. The van der Waals surface area contributed by atoms with Crippen LogP contribution in [0.3, 0.4) is 0 Å². The Bertz CT molecular complexity index is 747. The van der Waals surface area contributed by atoms with E-state index in [4.69, 9.17) is 4.42 Å². The summed E-state index contributed by atoms with van der Waals surface area (Å²) in [7, 11) is 0. The molecular weight excluding hydrogens is 290 g/mol. The maximum absolute atomic E-state index is 9.24. The molecule has 2 heterocycles. The average molecular weight is 311 g/mol. The number of anilines is 1. The van der Waals surface area contributed by atoms with Crippen LogP contribution in [0.2, 0.25) is 0 Å². The molecule has 3 rings (SSSR count). The van der Waals surface area contributed by atoms with Gasteiger partial charge in [-0.15, -0.1) is 0 Å². The van der Waals surface area contributed by atoms with Crippen LogP contribution in [0.1, 0.15) is 18.4 Å². The number of rotatable bonds is 7. The molecule has 0 atom stereocenters. The zero-order chi connectivity index (χ0) is 16.1. The van der Waals surface area contributed by atoms with Crippen molar-refractivity contribution in [3.05, 3.63) is 60.1 Å². The van der Waals surface area contributed by atoms with E-state index in [1.54, 1.807) is 4.68 Å². The summed E-state index contributed by atoms with van der Waals surface area (Å²) in [6, 6.07) is 16.0. The van der Waals surface area contributed by atoms with Crippen molar-refractivity contribution in [2.24, 2.45) is 0 Å². The number of furan rings is 1. The number of aromatic nitrogens is 2. The predicted molar refractivity (Wildman–Crippen MR) is 90.2 cm³/mol. The van der Waals surface area contributed by atoms with Crippen molar-refractivity contribution in [3.8, 4) is 11.3 Å². The molecular formula is C18H21N3O2. The standard InChI is InChI=1S/C18H21N3O2/c1-2-15-8-9-16(23-15)13-19-18-12-17(20-21(18)10-11-22)14-6-4-3-5-7-14/h3-9,12,19,22H,2,10-11,13H2,1H3. The van der Waals surface area contributed by atoms with Crippen LogP contribution >= 0.6 is 0 Å². The second-order valence-electron chi connectivity index (χ2n) is 5.30. The van der Waals surface area contributed by atoms with Crippen molar-refractivity contribution in [3.63, 3.8) is 0 Å². The van der Waals surface area contributed by atoms with Crippen LogP contribution in [0.5, 0.6) is 0 Å². The SMILES string of the molecule is CCc1ccc(CNc2cc(-c3ccccc3)nn2CCO)o1. The maximum atomic E-state index is 9.24. The average Bonchev–Trinajstić information content (AvgIpc) is 3.21. The van der Waals surface area contributed by atoms with E-state index in [0.29, 0.717) is 13.1 Å². The lowest BCUT2D eigenvalue weighted by atomic mass is 10.2. The van der Waals surface area contributed by atoms with Gasteiger partial charge in [-0.1, -0.05) is 37.3 Å². The van der Waals surface area contributed by atoms with Gasteiger partial charge in [-0.05, 0) is 12.1 Å². The molecule has 3 aromatic rings. The van der Waals surface area contributed by atoms with Gasteiger partial charge < -0.3 is 14.8 Å². The fraction of sp³-hybridized carbons (Fsp3) is 0.278. The highest BCUT2D eigenvalue weighted by molar-refractivity contribution is 5.63. The zero-order valence-electron chi connectivity index (χ0n) is 13.2. The second kappa shape index (κ2) is 7.15. The summed E-state index contributed by atoms with van der Waals surface area (Å²) >= 11 is 0. The van der Waals surface area contributed by atoms with E-state index in [9.17, 15) is 5.11 Å². The highest BCUT2D eigenvalue weighted by atomic mass is 16.3. The van der Waals surface area contributed by atoms with E-state index in [2.05, 4.69) is 17.3 Å². The Morgan fingerprint density at radius 3 is 2.61 bits per heavy atom. The normalized spacial score (nSPS) is 10.9. The molecule has 0 bridgehead atoms. The summed E-state index contributed by atoms with van der Waals surface area (Å²) in [5, 5.41) is 17.1. The number of benzene rings is 1. The van der Waals surface area contributed by atoms with Gasteiger partial charge in [0.1, 0.15) is 17.3 Å². The van der Waals surface area contributed by atoms with Gasteiger partial charge in [-0.25, -0.2) is 4.68 Å². The zero-order valence-corrected chi connectivity index (χ0v) is 13.2. The summed E-state index contributed by atoms with van der Waals surface area (Å²) in [6.07, 6.45) is 0.889. The summed E-state index contributed by atoms with van der Waals surface area (Å²) < 4.78 is 7.49. The van der Waals surface area contributed by atoms with E-state index in [1.165, 1.54) is 0 Å². The number of nitrogens with zero attached hydrogens (tertiary/aromatic N) is 2. The van der Waals surface area contributed by atoms with E-state index in [-0.39, 0.29) is 6.61 Å². The molecule has 0 saturated carbocycles. The minimum Gasteiger partial charge on any atom is -0.464 e. The minimum absolute atomic E-state index is 0.0469. The largest absolute Gasteiger partial charge is 0.464 e. The van der Waals surface area contributed by atoms with Crippen LogP contribution in [0.4, 0.5) is 5.82 Å². The van der Waals surface area contributed by atoms with Crippen molar-refractivity contribution >= 4 is 5.82 Å². The van der Waals surface area contributed by atoms with Gasteiger partial charge in [0.2, 0.25) is 0 Å². The highest BCUT2D eigenvalue weighted by Crippen LogP contribution is 2.22.